The fraction of sp³-hybridized carbons (Fsp3) is 0.333. The molecule has 5 heteroatoms. The summed E-state index contributed by atoms with van der Waals surface area (Å²) in [5.74, 6) is 2.42. The maximum absolute atomic E-state index is 6.26. The zero-order valence-electron chi connectivity index (χ0n) is 12.2. The first-order chi connectivity index (χ1) is 9.56. The maximum Gasteiger partial charge on any atom is 0.139 e. The zero-order chi connectivity index (χ0) is 14.7. The van der Waals surface area contributed by atoms with E-state index in [4.69, 9.17) is 11.6 Å². The highest BCUT2D eigenvalue weighted by molar-refractivity contribution is 6.33. The molecular weight excluding hydrogens is 272 g/mol. The lowest BCUT2D eigenvalue weighted by atomic mass is 10.2. The number of halogens is 1. The Morgan fingerprint density at radius 2 is 1.85 bits per heavy atom. The first-order valence-electron chi connectivity index (χ1n) is 6.64. The monoisotopic (exact) mass is 290 g/mol. The van der Waals surface area contributed by atoms with E-state index < -0.39 is 0 Å². The van der Waals surface area contributed by atoms with Gasteiger partial charge in [-0.3, -0.25) is 0 Å². The summed E-state index contributed by atoms with van der Waals surface area (Å²) >= 11 is 6.26. The highest BCUT2D eigenvalue weighted by Gasteiger charge is 2.12. The fourth-order valence-electron chi connectivity index (χ4n) is 1.99. The number of anilines is 3. The molecule has 2 N–H and O–H groups in total. The molecule has 0 aliphatic heterocycles. The Kier molecular flexibility index (Phi) is 4.45. The van der Waals surface area contributed by atoms with Gasteiger partial charge in [-0.1, -0.05) is 30.7 Å². The molecule has 106 valence electrons. The van der Waals surface area contributed by atoms with Crippen molar-refractivity contribution < 1.29 is 0 Å². The second-order valence-electron chi connectivity index (χ2n) is 4.62. The molecule has 0 unspecified atom stereocenters. The van der Waals surface area contributed by atoms with Crippen LogP contribution in [-0.2, 0) is 6.42 Å². The highest BCUT2D eigenvalue weighted by Crippen LogP contribution is 2.30. The van der Waals surface area contributed by atoms with Crippen molar-refractivity contribution in [3.8, 4) is 0 Å². The van der Waals surface area contributed by atoms with Gasteiger partial charge in [0.25, 0.3) is 0 Å². The van der Waals surface area contributed by atoms with E-state index in [1.54, 1.807) is 0 Å². The number of rotatable bonds is 4. The molecule has 0 saturated heterocycles. The van der Waals surface area contributed by atoms with Gasteiger partial charge in [0.15, 0.2) is 0 Å². The van der Waals surface area contributed by atoms with E-state index >= 15 is 0 Å². The normalized spacial score (nSPS) is 10.4. The number of hydrogen-bond acceptors (Lipinski definition) is 4. The average Bonchev–Trinajstić information content (AvgIpc) is 2.44. The number of benzene rings is 1. The van der Waals surface area contributed by atoms with Crippen molar-refractivity contribution in [2.75, 3.05) is 17.7 Å². The highest BCUT2D eigenvalue weighted by atomic mass is 35.5. The van der Waals surface area contributed by atoms with Crippen molar-refractivity contribution in [2.45, 2.75) is 27.2 Å². The molecule has 1 heterocycles. The predicted molar refractivity (Wildman–Crippen MR) is 85.2 cm³/mol. The number of nitrogens with zero attached hydrogens (tertiary/aromatic N) is 2. The Morgan fingerprint density at radius 3 is 2.45 bits per heavy atom. The van der Waals surface area contributed by atoms with Crippen LogP contribution in [-0.4, -0.2) is 17.0 Å². The number of aryl methyl sites for hydroxylation is 2. The summed E-state index contributed by atoms with van der Waals surface area (Å²) < 4.78 is 0. The van der Waals surface area contributed by atoms with Gasteiger partial charge in [-0.25, -0.2) is 9.97 Å². The third-order valence-electron chi connectivity index (χ3n) is 3.21. The van der Waals surface area contributed by atoms with Crippen LogP contribution in [0.15, 0.2) is 18.2 Å². The molecular formula is C15H19ClN4. The molecule has 2 rings (SSSR count). The minimum absolute atomic E-state index is 0.687. The molecule has 0 saturated carbocycles. The second kappa shape index (κ2) is 6.09. The van der Waals surface area contributed by atoms with Crippen molar-refractivity contribution in [2.24, 2.45) is 0 Å². The lowest BCUT2D eigenvalue weighted by molar-refractivity contribution is 0.935. The van der Waals surface area contributed by atoms with Gasteiger partial charge in [0.2, 0.25) is 0 Å². The summed E-state index contributed by atoms with van der Waals surface area (Å²) in [6, 6.07) is 5.82. The first-order valence-corrected chi connectivity index (χ1v) is 7.02. The number of hydrogen-bond donors (Lipinski definition) is 2. The zero-order valence-corrected chi connectivity index (χ0v) is 13.0. The van der Waals surface area contributed by atoms with E-state index in [9.17, 15) is 0 Å². The van der Waals surface area contributed by atoms with Gasteiger partial charge in [0, 0.05) is 19.0 Å². The minimum atomic E-state index is 0.687. The van der Waals surface area contributed by atoms with Crippen LogP contribution in [0, 0.1) is 13.8 Å². The summed E-state index contributed by atoms with van der Waals surface area (Å²) in [4.78, 5) is 9.02. The van der Waals surface area contributed by atoms with Crippen LogP contribution in [0.3, 0.4) is 0 Å². The van der Waals surface area contributed by atoms with E-state index in [0.717, 1.165) is 40.7 Å². The quantitative estimate of drug-likeness (QED) is 0.890. The van der Waals surface area contributed by atoms with E-state index in [1.165, 1.54) is 0 Å². The van der Waals surface area contributed by atoms with E-state index in [2.05, 4.69) is 20.6 Å². The van der Waals surface area contributed by atoms with Gasteiger partial charge in [-0.2, -0.15) is 0 Å². The molecule has 4 nitrogen and oxygen atoms in total. The Bertz CT molecular complexity index is 605. The van der Waals surface area contributed by atoms with Gasteiger partial charge < -0.3 is 10.6 Å². The van der Waals surface area contributed by atoms with Gasteiger partial charge in [0.1, 0.15) is 17.5 Å². The minimum Gasteiger partial charge on any atom is -0.373 e. The Balaban J connectivity index is 2.48. The average molecular weight is 291 g/mol. The lowest BCUT2D eigenvalue weighted by Gasteiger charge is -2.15. The molecule has 0 aliphatic rings. The molecule has 0 spiro atoms. The van der Waals surface area contributed by atoms with Crippen LogP contribution < -0.4 is 10.6 Å². The fourth-order valence-corrected chi connectivity index (χ4v) is 2.26. The molecule has 0 atom stereocenters. The van der Waals surface area contributed by atoms with E-state index in [0.29, 0.717) is 5.02 Å². The second-order valence-corrected chi connectivity index (χ2v) is 5.03. The number of para-hydroxylation sites is 1. The standard InChI is InChI=1S/C15H19ClN4/c1-5-12-18-14(17-4)10(3)15(19-12)20-13-9(2)7-6-8-11(13)16/h6-8H,5H2,1-4H3,(H2,17,18,19,20). The molecule has 0 radical (unpaired) electrons. The maximum atomic E-state index is 6.26. The predicted octanol–water partition coefficient (Wildman–Crippen LogP) is 4.09. The molecule has 1 aromatic carbocycles. The largest absolute Gasteiger partial charge is 0.373 e. The van der Waals surface area contributed by atoms with Gasteiger partial charge in [-0.05, 0) is 25.5 Å². The number of aromatic nitrogens is 2. The van der Waals surface area contributed by atoms with Crippen LogP contribution in [0.4, 0.5) is 17.3 Å². The molecule has 2 aromatic rings. The summed E-state index contributed by atoms with van der Waals surface area (Å²) in [6.07, 6.45) is 0.783. The third-order valence-corrected chi connectivity index (χ3v) is 3.53. The molecule has 0 fully saturated rings. The van der Waals surface area contributed by atoms with Crippen molar-refractivity contribution in [1.82, 2.24) is 9.97 Å². The molecule has 0 bridgehead atoms. The van der Waals surface area contributed by atoms with Crippen LogP contribution >= 0.6 is 11.6 Å². The Hall–Kier alpha value is -1.81. The van der Waals surface area contributed by atoms with Crippen molar-refractivity contribution in [3.63, 3.8) is 0 Å². The van der Waals surface area contributed by atoms with E-state index in [-0.39, 0.29) is 0 Å². The van der Waals surface area contributed by atoms with Crippen LogP contribution in [0.5, 0.6) is 0 Å². The Labute approximate surface area is 124 Å². The van der Waals surface area contributed by atoms with E-state index in [1.807, 2.05) is 46.0 Å². The summed E-state index contributed by atoms with van der Waals surface area (Å²) in [6.45, 7) is 6.04. The van der Waals surface area contributed by atoms with Gasteiger partial charge >= 0.3 is 0 Å². The molecule has 0 aliphatic carbocycles. The molecule has 20 heavy (non-hydrogen) atoms. The summed E-state index contributed by atoms with van der Waals surface area (Å²) in [7, 11) is 1.86. The smallest absolute Gasteiger partial charge is 0.139 e. The summed E-state index contributed by atoms with van der Waals surface area (Å²) in [5.41, 5.74) is 2.95. The number of nitrogens with one attached hydrogen (secondary N) is 2. The Morgan fingerprint density at radius 1 is 1.15 bits per heavy atom. The molecule has 1 aromatic heterocycles. The van der Waals surface area contributed by atoms with Gasteiger partial charge in [-0.15, -0.1) is 0 Å². The van der Waals surface area contributed by atoms with Crippen LogP contribution in [0.25, 0.3) is 0 Å². The topological polar surface area (TPSA) is 49.8 Å². The van der Waals surface area contributed by atoms with Crippen molar-refractivity contribution in [1.29, 1.82) is 0 Å². The van der Waals surface area contributed by atoms with Crippen molar-refractivity contribution in [3.05, 3.63) is 40.2 Å². The third kappa shape index (κ3) is 2.85. The SMILES string of the molecule is CCc1nc(NC)c(C)c(Nc2c(C)cccc2Cl)n1. The lowest BCUT2D eigenvalue weighted by Crippen LogP contribution is -2.07. The van der Waals surface area contributed by atoms with Gasteiger partial charge in [0.05, 0.1) is 10.7 Å². The summed E-state index contributed by atoms with van der Waals surface area (Å²) in [5, 5.41) is 7.12. The molecule has 0 amide bonds. The van der Waals surface area contributed by atoms with Crippen LogP contribution in [0.2, 0.25) is 5.02 Å². The first kappa shape index (κ1) is 14.6. The van der Waals surface area contributed by atoms with Crippen molar-refractivity contribution >= 4 is 28.9 Å². The van der Waals surface area contributed by atoms with Crippen LogP contribution in [0.1, 0.15) is 23.9 Å².